The summed E-state index contributed by atoms with van der Waals surface area (Å²) in [6.07, 6.45) is 4.92. The molecule has 1 aromatic heterocycles. The molecule has 0 spiro atoms. The molecule has 1 unspecified atom stereocenters. The molecule has 1 N–H and O–H groups in total. The van der Waals surface area contributed by atoms with Gasteiger partial charge in [0, 0.05) is 12.6 Å². The van der Waals surface area contributed by atoms with Gasteiger partial charge in [-0.15, -0.1) is 0 Å². The topological polar surface area (TPSA) is 29.9 Å². The average Bonchev–Trinajstić information content (AvgIpc) is 2.70. The van der Waals surface area contributed by atoms with Gasteiger partial charge in [-0.3, -0.25) is 4.68 Å². The Bertz CT molecular complexity index is 309. The normalized spacial score (nSPS) is 12.9. The maximum absolute atomic E-state index is 4.54. The lowest BCUT2D eigenvalue weighted by Crippen LogP contribution is -2.24. The fourth-order valence-electron chi connectivity index (χ4n) is 2.18. The minimum atomic E-state index is 0.469. The number of rotatable bonds is 8. The summed E-state index contributed by atoms with van der Waals surface area (Å²) in [6, 6.07) is 2.70. The molecule has 1 aromatic rings. The van der Waals surface area contributed by atoms with Gasteiger partial charge in [0.2, 0.25) is 0 Å². The van der Waals surface area contributed by atoms with Crippen LogP contribution in [0, 0.1) is 6.92 Å². The molecule has 17 heavy (non-hydrogen) atoms. The van der Waals surface area contributed by atoms with Gasteiger partial charge in [-0.2, -0.15) is 5.10 Å². The van der Waals surface area contributed by atoms with E-state index in [0.717, 1.165) is 18.8 Å². The molecule has 0 aromatic carbocycles. The first-order valence-electron chi connectivity index (χ1n) is 7.00. The Morgan fingerprint density at radius 2 is 2.06 bits per heavy atom. The number of hydrogen-bond acceptors (Lipinski definition) is 2. The maximum atomic E-state index is 4.54. The smallest absolute Gasteiger partial charge is 0.0597 e. The Balaban J connectivity index is 2.78. The van der Waals surface area contributed by atoms with Gasteiger partial charge in [0.15, 0.2) is 0 Å². The van der Waals surface area contributed by atoms with Crippen LogP contribution in [-0.2, 0) is 6.54 Å². The molecule has 98 valence electrons. The summed E-state index contributed by atoms with van der Waals surface area (Å²) < 4.78 is 2.14. The van der Waals surface area contributed by atoms with E-state index in [1.165, 1.54) is 31.4 Å². The number of hydrogen-bond donors (Lipinski definition) is 1. The van der Waals surface area contributed by atoms with Crippen LogP contribution in [0.3, 0.4) is 0 Å². The lowest BCUT2D eigenvalue weighted by atomic mass is 10.1. The average molecular weight is 237 g/mol. The van der Waals surface area contributed by atoms with E-state index < -0.39 is 0 Å². The molecule has 3 heteroatoms. The third-order valence-corrected chi connectivity index (χ3v) is 3.08. The van der Waals surface area contributed by atoms with Crippen molar-refractivity contribution in [2.75, 3.05) is 6.54 Å². The van der Waals surface area contributed by atoms with E-state index in [2.05, 4.69) is 48.9 Å². The third-order valence-electron chi connectivity index (χ3n) is 3.08. The van der Waals surface area contributed by atoms with Crippen molar-refractivity contribution in [3.8, 4) is 0 Å². The molecule has 0 saturated carbocycles. The summed E-state index contributed by atoms with van der Waals surface area (Å²) in [6.45, 7) is 10.7. The van der Waals surface area contributed by atoms with Crippen LogP contribution >= 0.6 is 0 Å². The molecule has 0 bridgehead atoms. The Morgan fingerprint density at radius 3 is 2.65 bits per heavy atom. The molecule has 1 rings (SSSR count). The summed E-state index contributed by atoms with van der Waals surface area (Å²) in [4.78, 5) is 0. The Morgan fingerprint density at radius 1 is 1.29 bits per heavy atom. The summed E-state index contributed by atoms with van der Waals surface area (Å²) in [5.74, 6) is 0. The summed E-state index contributed by atoms with van der Waals surface area (Å²) >= 11 is 0. The van der Waals surface area contributed by atoms with Crippen LogP contribution in [-0.4, -0.2) is 16.3 Å². The number of unbranched alkanes of at least 4 members (excludes halogenated alkanes) is 1. The summed E-state index contributed by atoms with van der Waals surface area (Å²) in [7, 11) is 0. The third kappa shape index (κ3) is 4.15. The number of aryl methyl sites for hydroxylation is 2. The molecular weight excluding hydrogens is 210 g/mol. The highest BCUT2D eigenvalue weighted by molar-refractivity contribution is 5.13. The minimum absolute atomic E-state index is 0.469. The standard InChI is InChI=1S/C14H27N3/c1-5-8-9-13(15-10-6-2)14-11-12(4)16-17(14)7-3/h11,13,15H,5-10H2,1-4H3. The highest BCUT2D eigenvalue weighted by atomic mass is 15.3. The van der Waals surface area contributed by atoms with E-state index in [0.29, 0.717) is 6.04 Å². The second-order valence-electron chi connectivity index (χ2n) is 4.68. The number of nitrogens with zero attached hydrogens (tertiary/aromatic N) is 2. The van der Waals surface area contributed by atoms with Crippen LogP contribution in [0.25, 0.3) is 0 Å². The molecule has 1 atom stereocenters. The zero-order valence-corrected chi connectivity index (χ0v) is 11.8. The van der Waals surface area contributed by atoms with Crippen LogP contribution in [0.2, 0.25) is 0 Å². The van der Waals surface area contributed by atoms with Crippen molar-refractivity contribution in [1.82, 2.24) is 15.1 Å². The molecule has 0 radical (unpaired) electrons. The molecule has 0 aliphatic rings. The van der Waals surface area contributed by atoms with Gasteiger partial charge in [-0.05, 0) is 39.3 Å². The van der Waals surface area contributed by atoms with Gasteiger partial charge in [-0.25, -0.2) is 0 Å². The number of nitrogens with one attached hydrogen (secondary N) is 1. The lowest BCUT2D eigenvalue weighted by Gasteiger charge is -2.19. The molecule has 0 saturated heterocycles. The highest BCUT2D eigenvalue weighted by Crippen LogP contribution is 2.20. The predicted octanol–water partition coefficient (Wildman–Crippen LogP) is 3.44. The fourth-order valence-corrected chi connectivity index (χ4v) is 2.18. The second-order valence-corrected chi connectivity index (χ2v) is 4.68. The highest BCUT2D eigenvalue weighted by Gasteiger charge is 2.15. The quantitative estimate of drug-likeness (QED) is 0.750. The molecule has 0 aliphatic carbocycles. The number of aromatic nitrogens is 2. The first kappa shape index (κ1) is 14.2. The molecule has 0 aliphatic heterocycles. The van der Waals surface area contributed by atoms with E-state index in [-0.39, 0.29) is 0 Å². The van der Waals surface area contributed by atoms with Crippen molar-refractivity contribution in [1.29, 1.82) is 0 Å². The van der Waals surface area contributed by atoms with Crippen LogP contribution in [0.1, 0.15) is 63.9 Å². The van der Waals surface area contributed by atoms with Gasteiger partial charge in [0.05, 0.1) is 11.4 Å². The van der Waals surface area contributed by atoms with E-state index in [4.69, 9.17) is 0 Å². The first-order valence-corrected chi connectivity index (χ1v) is 7.00. The molecule has 0 fully saturated rings. The Kier molecular flexibility index (Phi) is 6.27. The van der Waals surface area contributed by atoms with Gasteiger partial charge < -0.3 is 5.32 Å². The predicted molar refractivity (Wildman–Crippen MR) is 73.2 cm³/mol. The van der Waals surface area contributed by atoms with Gasteiger partial charge in [0.25, 0.3) is 0 Å². The summed E-state index contributed by atoms with van der Waals surface area (Å²) in [5.41, 5.74) is 2.48. The summed E-state index contributed by atoms with van der Waals surface area (Å²) in [5, 5.41) is 8.19. The molecule has 1 heterocycles. The van der Waals surface area contributed by atoms with Gasteiger partial charge in [-0.1, -0.05) is 26.7 Å². The van der Waals surface area contributed by atoms with Crippen molar-refractivity contribution in [2.45, 2.75) is 66.0 Å². The first-order chi connectivity index (χ1) is 8.22. The van der Waals surface area contributed by atoms with Crippen LogP contribution in [0.5, 0.6) is 0 Å². The van der Waals surface area contributed by atoms with Gasteiger partial charge >= 0.3 is 0 Å². The zero-order chi connectivity index (χ0) is 12.7. The van der Waals surface area contributed by atoms with E-state index >= 15 is 0 Å². The molecule has 0 amide bonds. The Labute approximate surface area is 106 Å². The molecular formula is C14H27N3. The van der Waals surface area contributed by atoms with Crippen molar-refractivity contribution in [3.63, 3.8) is 0 Å². The maximum Gasteiger partial charge on any atom is 0.0597 e. The van der Waals surface area contributed by atoms with Crippen LogP contribution < -0.4 is 5.32 Å². The van der Waals surface area contributed by atoms with E-state index in [1.807, 2.05) is 0 Å². The monoisotopic (exact) mass is 237 g/mol. The lowest BCUT2D eigenvalue weighted by molar-refractivity contribution is 0.444. The van der Waals surface area contributed by atoms with Crippen LogP contribution in [0.4, 0.5) is 0 Å². The minimum Gasteiger partial charge on any atom is -0.309 e. The van der Waals surface area contributed by atoms with Gasteiger partial charge in [0.1, 0.15) is 0 Å². The van der Waals surface area contributed by atoms with Crippen LogP contribution in [0.15, 0.2) is 6.07 Å². The second kappa shape index (κ2) is 7.49. The zero-order valence-electron chi connectivity index (χ0n) is 11.8. The largest absolute Gasteiger partial charge is 0.309 e. The molecule has 3 nitrogen and oxygen atoms in total. The van der Waals surface area contributed by atoms with Crippen molar-refractivity contribution < 1.29 is 0 Å². The Hall–Kier alpha value is -0.830. The van der Waals surface area contributed by atoms with E-state index in [9.17, 15) is 0 Å². The SMILES string of the molecule is CCCCC(NCCC)c1cc(C)nn1CC. The fraction of sp³-hybridized carbons (Fsp3) is 0.786. The van der Waals surface area contributed by atoms with E-state index in [1.54, 1.807) is 0 Å². The van der Waals surface area contributed by atoms with Crippen molar-refractivity contribution in [2.24, 2.45) is 0 Å². The van der Waals surface area contributed by atoms with Crippen molar-refractivity contribution in [3.05, 3.63) is 17.5 Å². The van der Waals surface area contributed by atoms with Crippen molar-refractivity contribution >= 4 is 0 Å².